The van der Waals surface area contributed by atoms with Gasteiger partial charge in [0.2, 0.25) is 0 Å². The van der Waals surface area contributed by atoms with E-state index >= 15 is 0 Å². The fraction of sp³-hybridized carbons (Fsp3) is 1.00. The van der Waals surface area contributed by atoms with Crippen molar-refractivity contribution in [2.75, 3.05) is 6.54 Å². The molecular weight excluding hydrogens is 126 g/mol. The lowest BCUT2D eigenvalue weighted by Gasteiger charge is -2.11. The van der Waals surface area contributed by atoms with Gasteiger partial charge in [0.1, 0.15) is 0 Å². The maximum atomic E-state index is 8.99. The molecule has 62 valence electrons. The molecule has 0 bridgehead atoms. The molecule has 0 aromatic carbocycles. The molecule has 0 amide bonds. The van der Waals surface area contributed by atoms with Crippen LogP contribution in [0.15, 0.2) is 0 Å². The normalized spacial score (nSPS) is 27.0. The number of aliphatic hydroxyl groups excluding tert-OH is 1. The third-order valence-electron chi connectivity index (χ3n) is 1.68. The molecule has 1 saturated heterocycles. The Hall–Kier alpha value is -0.0800. The van der Waals surface area contributed by atoms with Crippen molar-refractivity contribution < 1.29 is 5.11 Å². The maximum Gasteiger partial charge on any atom is 0.0665 e. The van der Waals surface area contributed by atoms with Crippen LogP contribution in [0.4, 0.5) is 0 Å². The highest BCUT2D eigenvalue weighted by Gasteiger charge is 2.17. The van der Waals surface area contributed by atoms with Gasteiger partial charge in [0, 0.05) is 6.04 Å². The summed E-state index contributed by atoms with van der Waals surface area (Å²) in [6.07, 6.45) is 2.19. The number of hydrogen-bond acceptors (Lipinski definition) is 2. The molecule has 0 aromatic rings. The first kappa shape index (κ1) is 9.92. The minimum Gasteiger partial charge on any atom is -0.392 e. The van der Waals surface area contributed by atoms with E-state index in [0.717, 1.165) is 13.0 Å². The maximum absolute atomic E-state index is 8.99. The summed E-state index contributed by atoms with van der Waals surface area (Å²) in [5.41, 5.74) is 0. The van der Waals surface area contributed by atoms with E-state index < -0.39 is 0 Å². The Kier molecular flexibility index (Phi) is 5.64. The molecule has 1 heterocycles. The van der Waals surface area contributed by atoms with Crippen molar-refractivity contribution in [3.05, 3.63) is 0 Å². The summed E-state index contributed by atoms with van der Waals surface area (Å²) in [7, 11) is 0. The first-order valence-corrected chi connectivity index (χ1v) is 4.22. The molecule has 2 atom stereocenters. The summed E-state index contributed by atoms with van der Waals surface area (Å²) in [6.45, 7) is 6.92. The molecule has 2 nitrogen and oxygen atoms in total. The van der Waals surface area contributed by atoms with Crippen molar-refractivity contribution in [2.24, 2.45) is 0 Å². The summed E-state index contributed by atoms with van der Waals surface area (Å²) in [6, 6.07) is 0.370. The predicted molar refractivity (Wildman–Crippen MR) is 44.1 cm³/mol. The van der Waals surface area contributed by atoms with Crippen molar-refractivity contribution in [1.82, 2.24) is 5.32 Å². The van der Waals surface area contributed by atoms with E-state index in [0.29, 0.717) is 6.04 Å². The summed E-state index contributed by atoms with van der Waals surface area (Å²) in [5.74, 6) is 0. The fourth-order valence-electron chi connectivity index (χ4n) is 1.12. The Morgan fingerprint density at radius 1 is 1.50 bits per heavy atom. The molecule has 1 aliphatic rings. The largest absolute Gasteiger partial charge is 0.392 e. The molecule has 10 heavy (non-hydrogen) atoms. The van der Waals surface area contributed by atoms with Crippen LogP contribution in [0.1, 0.15) is 33.6 Å². The van der Waals surface area contributed by atoms with Crippen molar-refractivity contribution >= 4 is 0 Å². The van der Waals surface area contributed by atoms with Crippen LogP contribution in [0.3, 0.4) is 0 Å². The second kappa shape index (κ2) is 5.69. The zero-order chi connectivity index (χ0) is 7.98. The van der Waals surface area contributed by atoms with Gasteiger partial charge in [-0.15, -0.1) is 0 Å². The molecule has 0 aliphatic carbocycles. The van der Waals surface area contributed by atoms with E-state index in [2.05, 4.69) is 5.32 Å². The van der Waals surface area contributed by atoms with Gasteiger partial charge < -0.3 is 10.4 Å². The third kappa shape index (κ3) is 3.18. The topological polar surface area (TPSA) is 32.3 Å². The molecule has 2 heteroatoms. The first-order valence-electron chi connectivity index (χ1n) is 4.22. The standard InChI is InChI=1S/C6H13NO.C2H6/c1-5(8)6-3-2-4-7-6;1-2/h5-8H,2-4H2,1H3;1-2H3. The summed E-state index contributed by atoms with van der Waals surface area (Å²) < 4.78 is 0. The second-order valence-corrected chi connectivity index (χ2v) is 2.44. The highest BCUT2D eigenvalue weighted by molar-refractivity contribution is 4.77. The van der Waals surface area contributed by atoms with Gasteiger partial charge in [-0.2, -0.15) is 0 Å². The molecule has 1 aliphatic heterocycles. The van der Waals surface area contributed by atoms with E-state index in [1.54, 1.807) is 0 Å². The molecule has 2 N–H and O–H groups in total. The van der Waals surface area contributed by atoms with E-state index in [-0.39, 0.29) is 6.10 Å². The van der Waals surface area contributed by atoms with Gasteiger partial charge in [-0.3, -0.25) is 0 Å². The van der Waals surface area contributed by atoms with Crippen LogP contribution in [-0.4, -0.2) is 23.8 Å². The first-order chi connectivity index (χ1) is 4.80. The summed E-state index contributed by atoms with van der Waals surface area (Å²) in [4.78, 5) is 0. The fourth-order valence-corrected chi connectivity index (χ4v) is 1.12. The predicted octanol–water partition coefficient (Wildman–Crippen LogP) is 1.15. The Labute approximate surface area is 63.6 Å². The highest BCUT2D eigenvalue weighted by Crippen LogP contribution is 2.07. The SMILES string of the molecule is CC.CC(O)C1CCCN1. The van der Waals surface area contributed by atoms with Crippen molar-refractivity contribution in [1.29, 1.82) is 0 Å². The van der Waals surface area contributed by atoms with Gasteiger partial charge in [0.15, 0.2) is 0 Å². The van der Waals surface area contributed by atoms with Crippen molar-refractivity contribution in [2.45, 2.75) is 45.8 Å². The number of rotatable bonds is 1. The van der Waals surface area contributed by atoms with Gasteiger partial charge in [-0.1, -0.05) is 13.8 Å². The smallest absolute Gasteiger partial charge is 0.0665 e. The number of nitrogens with one attached hydrogen (secondary N) is 1. The Balaban J connectivity index is 0.000000371. The molecule has 0 saturated carbocycles. The Morgan fingerprint density at radius 2 is 2.10 bits per heavy atom. The average Bonchev–Trinajstić information content (AvgIpc) is 2.42. The van der Waals surface area contributed by atoms with E-state index in [1.165, 1.54) is 6.42 Å². The average molecular weight is 145 g/mol. The number of hydrogen-bond donors (Lipinski definition) is 2. The van der Waals surface area contributed by atoms with Gasteiger partial charge in [0.05, 0.1) is 6.10 Å². The van der Waals surface area contributed by atoms with E-state index in [9.17, 15) is 0 Å². The molecule has 1 rings (SSSR count). The molecule has 1 fully saturated rings. The molecule has 0 spiro atoms. The minimum absolute atomic E-state index is 0.169. The van der Waals surface area contributed by atoms with Crippen molar-refractivity contribution in [3.8, 4) is 0 Å². The molecule has 0 aromatic heterocycles. The summed E-state index contributed by atoms with van der Waals surface area (Å²) >= 11 is 0. The van der Waals surface area contributed by atoms with E-state index in [4.69, 9.17) is 5.11 Å². The molecular formula is C8H19NO. The monoisotopic (exact) mass is 145 g/mol. The lowest BCUT2D eigenvalue weighted by molar-refractivity contribution is 0.154. The Morgan fingerprint density at radius 3 is 2.30 bits per heavy atom. The number of aliphatic hydroxyl groups is 1. The van der Waals surface area contributed by atoms with Crippen LogP contribution in [0.5, 0.6) is 0 Å². The van der Waals surface area contributed by atoms with Gasteiger partial charge in [-0.25, -0.2) is 0 Å². The molecule has 0 radical (unpaired) electrons. The van der Waals surface area contributed by atoms with Crippen LogP contribution in [0.25, 0.3) is 0 Å². The summed E-state index contributed by atoms with van der Waals surface area (Å²) in [5, 5.41) is 12.2. The lowest BCUT2D eigenvalue weighted by Crippen LogP contribution is -2.32. The van der Waals surface area contributed by atoms with Gasteiger partial charge in [-0.05, 0) is 26.3 Å². The zero-order valence-corrected chi connectivity index (χ0v) is 7.22. The minimum atomic E-state index is -0.169. The van der Waals surface area contributed by atoms with Gasteiger partial charge >= 0.3 is 0 Å². The van der Waals surface area contributed by atoms with Crippen LogP contribution in [0, 0.1) is 0 Å². The highest BCUT2D eigenvalue weighted by atomic mass is 16.3. The van der Waals surface area contributed by atoms with Crippen LogP contribution in [0.2, 0.25) is 0 Å². The van der Waals surface area contributed by atoms with Crippen LogP contribution < -0.4 is 5.32 Å². The second-order valence-electron chi connectivity index (χ2n) is 2.44. The lowest BCUT2D eigenvalue weighted by atomic mass is 10.1. The van der Waals surface area contributed by atoms with E-state index in [1.807, 2.05) is 20.8 Å². The van der Waals surface area contributed by atoms with Crippen molar-refractivity contribution in [3.63, 3.8) is 0 Å². The Bertz CT molecular complexity index is 67.7. The zero-order valence-electron chi connectivity index (χ0n) is 7.22. The van der Waals surface area contributed by atoms with Crippen LogP contribution in [-0.2, 0) is 0 Å². The van der Waals surface area contributed by atoms with Gasteiger partial charge in [0.25, 0.3) is 0 Å². The third-order valence-corrected chi connectivity index (χ3v) is 1.68. The quantitative estimate of drug-likeness (QED) is 0.580. The molecule has 2 unspecified atom stereocenters. The van der Waals surface area contributed by atoms with Crippen LogP contribution >= 0.6 is 0 Å².